The number of nitrogens with zero attached hydrogens (tertiary/aromatic N) is 3. The molecule has 24 heavy (non-hydrogen) atoms. The fourth-order valence-corrected chi connectivity index (χ4v) is 2.88. The van der Waals surface area contributed by atoms with Gasteiger partial charge in [0.15, 0.2) is 0 Å². The van der Waals surface area contributed by atoms with E-state index >= 15 is 0 Å². The van der Waals surface area contributed by atoms with Crippen LogP contribution in [-0.2, 0) is 4.74 Å². The number of carbonyl (C=O) groups excluding carboxylic acids is 1. The Labute approximate surface area is 148 Å². The number of carbonyl (C=O) groups is 1. The van der Waals surface area contributed by atoms with Gasteiger partial charge in [0.05, 0.1) is 6.61 Å². The molecule has 0 radical (unpaired) electrons. The van der Waals surface area contributed by atoms with Crippen LogP contribution in [0.5, 0.6) is 5.88 Å². The van der Waals surface area contributed by atoms with Gasteiger partial charge in [-0.05, 0) is 52.4 Å². The number of amides is 1. The van der Waals surface area contributed by atoms with Crippen molar-refractivity contribution in [1.29, 1.82) is 0 Å². The Hall–Kier alpha value is -1.56. The molecule has 1 aromatic heterocycles. The van der Waals surface area contributed by atoms with Crippen LogP contribution in [0.15, 0.2) is 12.4 Å². The number of aromatic nitrogens is 2. The second-order valence-corrected chi connectivity index (χ2v) is 7.49. The lowest BCUT2D eigenvalue weighted by Gasteiger charge is -2.34. The minimum absolute atomic E-state index is 0.209. The van der Waals surface area contributed by atoms with Crippen molar-refractivity contribution in [2.45, 2.75) is 52.1 Å². The van der Waals surface area contributed by atoms with Crippen LogP contribution in [0.1, 0.15) is 46.5 Å². The molecule has 0 bridgehead atoms. The number of likely N-dealkylation sites (tertiary alicyclic amines) is 1. The van der Waals surface area contributed by atoms with Crippen molar-refractivity contribution in [2.75, 3.05) is 19.7 Å². The summed E-state index contributed by atoms with van der Waals surface area (Å²) >= 11 is 5.79. The summed E-state index contributed by atoms with van der Waals surface area (Å²) in [6.45, 7) is 7.79. The maximum atomic E-state index is 12.2. The highest BCUT2D eigenvalue weighted by Crippen LogP contribution is 2.23. The molecule has 0 spiro atoms. The molecule has 1 aliphatic rings. The topological polar surface area (TPSA) is 64.5 Å². The predicted molar refractivity (Wildman–Crippen MR) is 92.3 cm³/mol. The zero-order chi connectivity index (χ0) is 17.6. The molecule has 6 nitrogen and oxygen atoms in total. The first-order valence-electron chi connectivity index (χ1n) is 8.42. The van der Waals surface area contributed by atoms with Gasteiger partial charge in [-0.3, -0.25) is 0 Å². The quantitative estimate of drug-likeness (QED) is 0.591. The molecule has 1 fully saturated rings. The predicted octanol–water partition coefficient (Wildman–Crippen LogP) is 3.94. The molecule has 1 amide bonds. The van der Waals surface area contributed by atoms with Crippen molar-refractivity contribution in [1.82, 2.24) is 14.9 Å². The van der Waals surface area contributed by atoms with E-state index in [0.717, 1.165) is 38.8 Å². The molecule has 1 atom stereocenters. The minimum Gasteiger partial charge on any atom is -0.478 e. The van der Waals surface area contributed by atoms with E-state index in [1.807, 2.05) is 25.7 Å². The second-order valence-electron chi connectivity index (χ2n) is 7.10. The first kappa shape index (κ1) is 18.8. The molecule has 0 unspecified atom stereocenters. The van der Waals surface area contributed by atoms with E-state index in [1.54, 1.807) is 6.07 Å². The van der Waals surface area contributed by atoms with Crippen LogP contribution >= 0.6 is 11.6 Å². The number of piperidine rings is 1. The molecule has 134 valence electrons. The number of hydrogen-bond donors (Lipinski definition) is 0. The minimum atomic E-state index is -0.448. The molecular weight excluding hydrogens is 330 g/mol. The molecule has 0 saturated carbocycles. The summed E-state index contributed by atoms with van der Waals surface area (Å²) < 4.78 is 11.0. The number of ether oxygens (including phenoxy) is 2. The normalized spacial score (nSPS) is 18.3. The first-order chi connectivity index (χ1) is 11.3. The van der Waals surface area contributed by atoms with Gasteiger partial charge in [0.25, 0.3) is 0 Å². The Morgan fingerprint density at radius 3 is 2.92 bits per heavy atom. The maximum Gasteiger partial charge on any atom is 0.410 e. The second kappa shape index (κ2) is 8.51. The Morgan fingerprint density at radius 2 is 2.21 bits per heavy atom. The third kappa shape index (κ3) is 6.51. The van der Waals surface area contributed by atoms with Crippen molar-refractivity contribution in [3.8, 4) is 5.88 Å². The van der Waals surface area contributed by atoms with Gasteiger partial charge in [0.2, 0.25) is 5.88 Å². The van der Waals surface area contributed by atoms with Crippen LogP contribution in [0.4, 0.5) is 4.79 Å². The van der Waals surface area contributed by atoms with Crippen LogP contribution in [0.3, 0.4) is 0 Å². The Morgan fingerprint density at radius 1 is 1.42 bits per heavy atom. The fraction of sp³-hybridized carbons (Fsp3) is 0.706. The van der Waals surface area contributed by atoms with Crippen molar-refractivity contribution in [3.63, 3.8) is 0 Å². The van der Waals surface area contributed by atoms with E-state index < -0.39 is 5.60 Å². The lowest BCUT2D eigenvalue weighted by Crippen LogP contribution is -2.42. The summed E-state index contributed by atoms with van der Waals surface area (Å²) in [7, 11) is 0. The number of rotatable bonds is 5. The summed E-state index contributed by atoms with van der Waals surface area (Å²) in [6, 6.07) is 1.60. The van der Waals surface area contributed by atoms with E-state index in [1.165, 1.54) is 6.33 Å². The summed E-state index contributed by atoms with van der Waals surface area (Å²) in [5.41, 5.74) is -0.448. The lowest BCUT2D eigenvalue weighted by molar-refractivity contribution is 0.0159. The van der Waals surface area contributed by atoms with E-state index in [-0.39, 0.29) is 6.09 Å². The van der Waals surface area contributed by atoms with Gasteiger partial charge in [-0.15, -0.1) is 0 Å². The maximum absolute atomic E-state index is 12.2. The molecule has 1 saturated heterocycles. The molecule has 0 aromatic carbocycles. The highest BCUT2D eigenvalue weighted by molar-refractivity contribution is 6.29. The van der Waals surface area contributed by atoms with Crippen LogP contribution < -0.4 is 4.74 Å². The summed E-state index contributed by atoms with van der Waals surface area (Å²) in [4.78, 5) is 21.8. The van der Waals surface area contributed by atoms with Crippen molar-refractivity contribution >= 4 is 17.7 Å². The number of halogens is 1. The molecular formula is C17H26ClN3O3. The van der Waals surface area contributed by atoms with E-state index in [9.17, 15) is 4.79 Å². The Kier molecular flexibility index (Phi) is 6.66. The molecule has 0 aliphatic carbocycles. The molecule has 1 aromatic rings. The highest BCUT2D eigenvalue weighted by atomic mass is 35.5. The molecule has 1 aliphatic heterocycles. The van der Waals surface area contributed by atoms with E-state index in [4.69, 9.17) is 21.1 Å². The van der Waals surface area contributed by atoms with Crippen molar-refractivity contribution < 1.29 is 14.3 Å². The molecule has 7 heteroatoms. The van der Waals surface area contributed by atoms with Gasteiger partial charge < -0.3 is 14.4 Å². The Bertz CT molecular complexity index is 548. The zero-order valence-electron chi connectivity index (χ0n) is 14.6. The van der Waals surface area contributed by atoms with Crippen LogP contribution in [-0.4, -0.2) is 46.3 Å². The first-order valence-corrected chi connectivity index (χ1v) is 8.79. The van der Waals surface area contributed by atoms with Gasteiger partial charge in [-0.1, -0.05) is 11.6 Å². The highest BCUT2D eigenvalue weighted by Gasteiger charge is 2.27. The lowest BCUT2D eigenvalue weighted by atomic mass is 9.94. The standard InChI is InChI=1S/C17H26ClN3O3/c1-17(2,3)24-16(22)21-8-4-6-13(11-21)7-5-9-23-15-10-14(18)19-12-20-15/h10,12-13H,4-9,11H2,1-3H3/t13-/m1/s1. The molecule has 2 heterocycles. The average Bonchev–Trinajstić information content (AvgIpc) is 2.50. The third-order valence-corrected chi connectivity index (χ3v) is 3.99. The summed E-state index contributed by atoms with van der Waals surface area (Å²) in [6.07, 6.45) is 5.26. The largest absolute Gasteiger partial charge is 0.478 e. The SMILES string of the molecule is CC(C)(C)OC(=O)N1CCC[C@H](CCCOc2cc(Cl)ncn2)C1. The van der Waals surface area contributed by atoms with E-state index in [0.29, 0.717) is 23.6 Å². The van der Waals surface area contributed by atoms with Crippen molar-refractivity contribution in [3.05, 3.63) is 17.5 Å². The summed E-state index contributed by atoms with van der Waals surface area (Å²) in [5, 5.41) is 0.375. The van der Waals surface area contributed by atoms with Gasteiger partial charge in [0, 0.05) is 19.2 Å². The monoisotopic (exact) mass is 355 g/mol. The third-order valence-electron chi connectivity index (χ3n) is 3.79. The van der Waals surface area contributed by atoms with Crippen molar-refractivity contribution in [2.24, 2.45) is 5.92 Å². The Balaban J connectivity index is 1.70. The molecule has 2 rings (SSSR count). The zero-order valence-corrected chi connectivity index (χ0v) is 15.4. The smallest absolute Gasteiger partial charge is 0.410 e. The van der Waals surface area contributed by atoms with Gasteiger partial charge in [-0.25, -0.2) is 14.8 Å². The number of hydrogen-bond acceptors (Lipinski definition) is 5. The average molecular weight is 356 g/mol. The summed E-state index contributed by atoms with van der Waals surface area (Å²) in [5.74, 6) is 0.984. The van der Waals surface area contributed by atoms with Gasteiger partial charge in [-0.2, -0.15) is 0 Å². The van der Waals surface area contributed by atoms with Crippen LogP contribution in [0.25, 0.3) is 0 Å². The fourth-order valence-electron chi connectivity index (χ4n) is 2.74. The van der Waals surface area contributed by atoms with Gasteiger partial charge in [0.1, 0.15) is 17.1 Å². The van der Waals surface area contributed by atoms with Crippen LogP contribution in [0, 0.1) is 5.92 Å². The van der Waals surface area contributed by atoms with E-state index in [2.05, 4.69) is 9.97 Å². The molecule has 0 N–H and O–H groups in total. The van der Waals surface area contributed by atoms with Gasteiger partial charge >= 0.3 is 6.09 Å². The van der Waals surface area contributed by atoms with Crippen LogP contribution in [0.2, 0.25) is 5.15 Å².